The number of hydrogen-bond donors (Lipinski definition) is 1. The smallest absolute Gasteiger partial charge is 0.255 e. The molecule has 0 aliphatic carbocycles. The molecule has 0 saturated heterocycles. The molecule has 1 amide bonds. The van der Waals surface area contributed by atoms with Crippen molar-refractivity contribution in [2.24, 2.45) is 0 Å². The Labute approximate surface area is 175 Å². The zero-order chi connectivity index (χ0) is 20.9. The number of fused-ring (bicyclic) bond motifs is 1. The van der Waals surface area contributed by atoms with E-state index >= 15 is 0 Å². The van der Waals surface area contributed by atoms with E-state index in [9.17, 15) is 4.79 Å². The lowest BCUT2D eigenvalue weighted by atomic mass is 10.1. The summed E-state index contributed by atoms with van der Waals surface area (Å²) >= 11 is 0. The van der Waals surface area contributed by atoms with E-state index in [-0.39, 0.29) is 5.91 Å². The Morgan fingerprint density at radius 1 is 1.03 bits per heavy atom. The van der Waals surface area contributed by atoms with Crippen molar-refractivity contribution in [2.45, 2.75) is 26.7 Å². The van der Waals surface area contributed by atoms with Crippen LogP contribution in [0.1, 0.15) is 35.8 Å². The second-order valence-electron chi connectivity index (χ2n) is 7.16. The lowest BCUT2D eigenvalue weighted by Gasteiger charge is -2.08. The number of aromatic nitrogens is 3. The third kappa shape index (κ3) is 4.49. The highest BCUT2D eigenvalue weighted by Gasteiger charge is 2.09. The van der Waals surface area contributed by atoms with E-state index in [2.05, 4.69) is 22.2 Å². The van der Waals surface area contributed by atoms with Crippen molar-refractivity contribution in [1.82, 2.24) is 14.4 Å². The number of benzene rings is 2. The Hall–Kier alpha value is -3.67. The van der Waals surface area contributed by atoms with Gasteiger partial charge < -0.3 is 10.1 Å². The van der Waals surface area contributed by atoms with Gasteiger partial charge >= 0.3 is 0 Å². The van der Waals surface area contributed by atoms with Crippen molar-refractivity contribution < 1.29 is 9.53 Å². The van der Waals surface area contributed by atoms with E-state index in [0.717, 1.165) is 41.2 Å². The Morgan fingerprint density at radius 3 is 2.53 bits per heavy atom. The molecular weight excluding hydrogens is 376 g/mol. The molecule has 0 atom stereocenters. The van der Waals surface area contributed by atoms with Gasteiger partial charge in [0, 0.05) is 34.9 Å². The summed E-state index contributed by atoms with van der Waals surface area (Å²) in [6, 6.07) is 16.8. The van der Waals surface area contributed by atoms with E-state index in [0.29, 0.717) is 17.9 Å². The van der Waals surface area contributed by atoms with Gasteiger partial charge in [-0.1, -0.05) is 25.5 Å². The number of ether oxygens (including phenoxy) is 1. The molecule has 4 rings (SSSR count). The lowest BCUT2D eigenvalue weighted by Crippen LogP contribution is -2.11. The monoisotopic (exact) mass is 400 g/mol. The minimum Gasteiger partial charge on any atom is -0.494 e. The van der Waals surface area contributed by atoms with Gasteiger partial charge in [0.15, 0.2) is 0 Å². The van der Waals surface area contributed by atoms with Crippen molar-refractivity contribution in [3.63, 3.8) is 0 Å². The van der Waals surface area contributed by atoms with Crippen LogP contribution in [0.5, 0.6) is 5.75 Å². The average molecular weight is 400 g/mol. The van der Waals surface area contributed by atoms with E-state index in [1.54, 1.807) is 12.1 Å². The minimum atomic E-state index is -0.157. The number of hydrogen-bond acceptors (Lipinski definition) is 4. The number of imidazole rings is 1. The second-order valence-corrected chi connectivity index (χ2v) is 7.16. The van der Waals surface area contributed by atoms with Gasteiger partial charge in [0.25, 0.3) is 5.91 Å². The third-order valence-electron chi connectivity index (χ3n) is 4.79. The van der Waals surface area contributed by atoms with Gasteiger partial charge in [0.05, 0.1) is 12.3 Å². The van der Waals surface area contributed by atoms with Crippen LogP contribution in [0.15, 0.2) is 67.0 Å². The highest BCUT2D eigenvalue weighted by atomic mass is 16.5. The molecule has 2 heterocycles. The second kappa shape index (κ2) is 8.78. The maximum atomic E-state index is 12.5. The van der Waals surface area contributed by atoms with Gasteiger partial charge in [-0.05, 0) is 55.8 Å². The molecule has 152 valence electrons. The number of unbranched alkanes of at least 4 members (excludes halogenated alkanes) is 1. The Kier molecular flexibility index (Phi) is 5.75. The Bertz CT molecular complexity index is 1150. The van der Waals surface area contributed by atoms with Crippen LogP contribution in [0.2, 0.25) is 0 Å². The normalized spacial score (nSPS) is 10.9. The van der Waals surface area contributed by atoms with Crippen LogP contribution in [0.25, 0.3) is 17.0 Å². The molecule has 2 aromatic heterocycles. The molecule has 6 nitrogen and oxygen atoms in total. The molecule has 0 spiro atoms. The zero-order valence-electron chi connectivity index (χ0n) is 17.1. The summed E-state index contributed by atoms with van der Waals surface area (Å²) < 4.78 is 7.54. The zero-order valence-corrected chi connectivity index (χ0v) is 17.1. The maximum absolute atomic E-state index is 12.5. The van der Waals surface area contributed by atoms with Gasteiger partial charge in [-0.25, -0.2) is 9.97 Å². The highest BCUT2D eigenvalue weighted by Crippen LogP contribution is 2.22. The number of amides is 1. The number of nitrogens with one attached hydrogen (secondary N) is 1. The van der Waals surface area contributed by atoms with E-state index in [1.165, 1.54) is 0 Å². The van der Waals surface area contributed by atoms with Crippen LogP contribution >= 0.6 is 0 Å². The van der Waals surface area contributed by atoms with Crippen molar-refractivity contribution >= 4 is 17.4 Å². The van der Waals surface area contributed by atoms with Crippen molar-refractivity contribution in [2.75, 3.05) is 11.9 Å². The van der Waals surface area contributed by atoms with Crippen LogP contribution in [-0.2, 0) is 0 Å². The number of rotatable bonds is 7. The summed E-state index contributed by atoms with van der Waals surface area (Å²) in [5.41, 5.74) is 4.04. The molecule has 6 heteroatoms. The molecule has 4 aromatic rings. The molecule has 1 N–H and O–H groups in total. The number of carbonyl (C=O) groups is 1. The minimum absolute atomic E-state index is 0.157. The summed E-state index contributed by atoms with van der Waals surface area (Å²) in [6.07, 6.45) is 6.00. The first-order valence-corrected chi connectivity index (χ1v) is 10.1. The molecule has 0 fully saturated rings. The van der Waals surface area contributed by atoms with Crippen molar-refractivity contribution in [3.8, 4) is 17.0 Å². The molecule has 2 aromatic carbocycles. The molecule has 0 aliphatic heterocycles. The summed E-state index contributed by atoms with van der Waals surface area (Å²) in [7, 11) is 0. The molecule has 0 radical (unpaired) electrons. The summed E-state index contributed by atoms with van der Waals surface area (Å²) in [6.45, 7) is 4.76. The van der Waals surface area contributed by atoms with Gasteiger partial charge in [-0.3, -0.25) is 9.20 Å². The molecule has 0 unspecified atom stereocenters. The number of nitrogens with zero attached hydrogens (tertiary/aromatic N) is 3. The fourth-order valence-corrected chi connectivity index (χ4v) is 3.06. The topological polar surface area (TPSA) is 68.5 Å². The average Bonchev–Trinajstić information content (AvgIpc) is 3.18. The molecule has 0 saturated carbocycles. The highest BCUT2D eigenvalue weighted by molar-refractivity contribution is 6.04. The van der Waals surface area contributed by atoms with Gasteiger partial charge in [-0.15, -0.1) is 0 Å². The molecular formula is C24H24N4O2. The quantitative estimate of drug-likeness (QED) is 0.436. The fraction of sp³-hybridized carbons (Fsp3) is 0.208. The van der Waals surface area contributed by atoms with Crippen LogP contribution in [0.4, 0.5) is 5.69 Å². The van der Waals surface area contributed by atoms with Gasteiger partial charge in [0.1, 0.15) is 5.75 Å². The number of anilines is 1. The van der Waals surface area contributed by atoms with Crippen LogP contribution in [-0.4, -0.2) is 26.9 Å². The van der Waals surface area contributed by atoms with Crippen molar-refractivity contribution in [3.05, 3.63) is 78.2 Å². The standard InChI is InChI=1S/C24H24N4O2/c1-3-4-15-30-21-11-7-19(8-12-21)23(29)26-20-9-5-18(6-10-20)22-16-28-14-13-17(2)25-24(28)27-22/h5-14,16H,3-4,15H2,1-2H3,(H,26,29). The van der Waals surface area contributed by atoms with Crippen LogP contribution in [0, 0.1) is 6.92 Å². The largest absolute Gasteiger partial charge is 0.494 e. The molecule has 0 bridgehead atoms. The van der Waals surface area contributed by atoms with Gasteiger partial charge in [0.2, 0.25) is 5.78 Å². The number of carbonyl (C=O) groups excluding carboxylic acids is 1. The first-order chi connectivity index (χ1) is 14.6. The first-order valence-electron chi connectivity index (χ1n) is 10.1. The third-order valence-corrected chi connectivity index (χ3v) is 4.79. The predicted octanol–water partition coefficient (Wildman–Crippen LogP) is 5.14. The summed E-state index contributed by atoms with van der Waals surface area (Å²) in [5.74, 6) is 1.29. The van der Waals surface area contributed by atoms with E-state index < -0.39 is 0 Å². The van der Waals surface area contributed by atoms with Gasteiger partial charge in [-0.2, -0.15) is 0 Å². The SMILES string of the molecule is CCCCOc1ccc(C(=O)Nc2ccc(-c3cn4ccc(C)nc4n3)cc2)cc1. The summed E-state index contributed by atoms with van der Waals surface area (Å²) in [4.78, 5) is 21.5. The molecule has 0 aliphatic rings. The predicted molar refractivity (Wildman–Crippen MR) is 118 cm³/mol. The maximum Gasteiger partial charge on any atom is 0.255 e. The van der Waals surface area contributed by atoms with E-state index in [1.807, 2.05) is 66.2 Å². The summed E-state index contributed by atoms with van der Waals surface area (Å²) in [5, 5.41) is 2.92. The van der Waals surface area contributed by atoms with Crippen LogP contribution in [0.3, 0.4) is 0 Å². The van der Waals surface area contributed by atoms with Crippen molar-refractivity contribution in [1.29, 1.82) is 0 Å². The van der Waals surface area contributed by atoms with Crippen LogP contribution < -0.4 is 10.1 Å². The van der Waals surface area contributed by atoms with E-state index in [4.69, 9.17) is 4.74 Å². The number of aryl methyl sites for hydroxylation is 1. The molecule has 30 heavy (non-hydrogen) atoms. The Balaban J connectivity index is 1.41. The first kappa shape index (κ1) is 19.6. The Morgan fingerprint density at radius 2 is 1.80 bits per heavy atom. The lowest BCUT2D eigenvalue weighted by molar-refractivity contribution is 0.102. The fourth-order valence-electron chi connectivity index (χ4n) is 3.06.